The van der Waals surface area contributed by atoms with E-state index in [1.54, 1.807) is 10.9 Å². The Morgan fingerprint density at radius 2 is 2.18 bits per heavy atom. The van der Waals surface area contributed by atoms with Gasteiger partial charge in [0.15, 0.2) is 5.78 Å². The largest absolute Gasteiger partial charge is 0.351 e. The summed E-state index contributed by atoms with van der Waals surface area (Å²) in [4.78, 5) is 12.1. The van der Waals surface area contributed by atoms with Crippen LogP contribution in [0.1, 0.15) is 21.7 Å². The molecule has 0 saturated carbocycles. The number of halogens is 1. The number of hydrogen-bond acceptors (Lipinski definition) is 2. The van der Waals surface area contributed by atoms with E-state index in [-0.39, 0.29) is 12.3 Å². The van der Waals surface area contributed by atoms with Crippen molar-refractivity contribution in [2.45, 2.75) is 20.4 Å². The predicted molar refractivity (Wildman–Crippen MR) is 66.5 cm³/mol. The van der Waals surface area contributed by atoms with Gasteiger partial charge in [0.2, 0.25) is 0 Å². The van der Waals surface area contributed by atoms with E-state index < -0.39 is 0 Å². The van der Waals surface area contributed by atoms with Gasteiger partial charge in [-0.3, -0.25) is 9.48 Å². The first-order valence-corrected chi connectivity index (χ1v) is 5.71. The highest BCUT2D eigenvalue weighted by atomic mass is 35.5. The first-order valence-electron chi connectivity index (χ1n) is 5.33. The molecule has 0 bridgehead atoms. The van der Waals surface area contributed by atoms with E-state index in [9.17, 15) is 4.79 Å². The summed E-state index contributed by atoms with van der Waals surface area (Å²) in [5.41, 5.74) is 2.80. The van der Waals surface area contributed by atoms with Gasteiger partial charge in [-0.25, -0.2) is 0 Å². The van der Waals surface area contributed by atoms with E-state index in [0.29, 0.717) is 5.02 Å². The zero-order valence-electron chi connectivity index (χ0n) is 10.1. The second kappa shape index (κ2) is 4.37. The Morgan fingerprint density at radius 1 is 1.47 bits per heavy atom. The number of Topliss-reactive ketones (excluding diaryl/α,β-unsaturated/α-hetero) is 1. The smallest absolute Gasteiger partial charge is 0.186 e. The molecule has 2 aromatic rings. The molecule has 0 N–H and O–H groups in total. The third kappa shape index (κ3) is 2.26. The summed E-state index contributed by atoms with van der Waals surface area (Å²) in [5.74, 6) is 0.0472. The van der Waals surface area contributed by atoms with Crippen LogP contribution in [0.5, 0.6) is 0 Å². The van der Waals surface area contributed by atoms with Gasteiger partial charge in [0, 0.05) is 30.2 Å². The lowest BCUT2D eigenvalue weighted by atomic mass is 10.1. The Balaban J connectivity index is 2.23. The van der Waals surface area contributed by atoms with Crippen molar-refractivity contribution in [2.24, 2.45) is 7.05 Å². The average molecular weight is 252 g/mol. The van der Waals surface area contributed by atoms with Crippen LogP contribution in [0.3, 0.4) is 0 Å². The van der Waals surface area contributed by atoms with Crippen molar-refractivity contribution >= 4 is 17.4 Å². The van der Waals surface area contributed by atoms with Crippen LogP contribution in [0.15, 0.2) is 18.5 Å². The molecule has 0 fully saturated rings. The number of carbonyl (C=O) groups is 1. The summed E-state index contributed by atoms with van der Waals surface area (Å²) < 4.78 is 3.55. The topological polar surface area (TPSA) is 39.8 Å². The van der Waals surface area contributed by atoms with Crippen LogP contribution in [0.25, 0.3) is 0 Å². The van der Waals surface area contributed by atoms with E-state index in [1.165, 1.54) is 6.20 Å². The molecule has 2 heterocycles. The summed E-state index contributed by atoms with van der Waals surface area (Å²) in [6.45, 7) is 4.14. The van der Waals surface area contributed by atoms with Gasteiger partial charge in [0.05, 0.1) is 11.2 Å². The fraction of sp³-hybridized carbons (Fsp3) is 0.333. The molecule has 90 valence electrons. The first kappa shape index (κ1) is 11.9. The van der Waals surface area contributed by atoms with Crippen LogP contribution >= 0.6 is 11.6 Å². The SMILES string of the molecule is Cc1cc(C(=O)Cn2cc(Cl)cn2)c(C)n1C. The quantitative estimate of drug-likeness (QED) is 0.786. The molecule has 0 unspecified atom stereocenters. The Labute approximate surface area is 105 Å². The summed E-state index contributed by atoms with van der Waals surface area (Å²) >= 11 is 5.75. The molecule has 0 aliphatic heterocycles. The highest BCUT2D eigenvalue weighted by Crippen LogP contribution is 2.15. The maximum atomic E-state index is 12.1. The summed E-state index contributed by atoms with van der Waals surface area (Å²) in [5, 5.41) is 4.54. The second-order valence-corrected chi connectivity index (χ2v) is 4.56. The van der Waals surface area contributed by atoms with E-state index in [0.717, 1.165) is 17.0 Å². The average Bonchev–Trinajstić information content (AvgIpc) is 2.78. The maximum absolute atomic E-state index is 12.1. The van der Waals surface area contributed by atoms with Crippen molar-refractivity contribution in [3.8, 4) is 0 Å². The number of hydrogen-bond donors (Lipinski definition) is 0. The number of nitrogens with zero attached hydrogens (tertiary/aromatic N) is 3. The highest BCUT2D eigenvalue weighted by Gasteiger charge is 2.14. The molecule has 2 rings (SSSR count). The number of aromatic nitrogens is 3. The second-order valence-electron chi connectivity index (χ2n) is 4.12. The summed E-state index contributed by atoms with van der Waals surface area (Å²) in [6.07, 6.45) is 3.17. The fourth-order valence-electron chi connectivity index (χ4n) is 1.79. The Hall–Kier alpha value is -1.55. The standard InChI is InChI=1S/C12H14ClN3O/c1-8-4-11(9(2)15(8)3)12(17)7-16-6-10(13)5-14-16/h4-6H,7H2,1-3H3. The lowest BCUT2D eigenvalue weighted by molar-refractivity contribution is 0.0967. The van der Waals surface area contributed by atoms with Gasteiger partial charge in [-0.2, -0.15) is 5.10 Å². The van der Waals surface area contributed by atoms with Gasteiger partial charge >= 0.3 is 0 Å². The van der Waals surface area contributed by atoms with E-state index >= 15 is 0 Å². The van der Waals surface area contributed by atoms with Crippen molar-refractivity contribution in [2.75, 3.05) is 0 Å². The Kier molecular flexibility index (Phi) is 3.07. The van der Waals surface area contributed by atoms with Crippen molar-refractivity contribution in [1.29, 1.82) is 0 Å². The predicted octanol–water partition coefficient (Wildman–Crippen LogP) is 2.37. The molecule has 0 aliphatic rings. The molecular formula is C12H14ClN3O. The van der Waals surface area contributed by atoms with Gasteiger partial charge in [0.25, 0.3) is 0 Å². The number of ketones is 1. The molecular weight excluding hydrogens is 238 g/mol. The number of rotatable bonds is 3. The van der Waals surface area contributed by atoms with E-state index in [4.69, 9.17) is 11.6 Å². The molecule has 0 spiro atoms. The normalized spacial score (nSPS) is 10.8. The Morgan fingerprint density at radius 3 is 2.65 bits per heavy atom. The molecule has 0 aliphatic carbocycles. The van der Waals surface area contributed by atoms with Crippen LogP contribution in [-0.4, -0.2) is 20.1 Å². The van der Waals surface area contributed by atoms with Gasteiger partial charge in [0.1, 0.15) is 6.54 Å². The maximum Gasteiger partial charge on any atom is 0.186 e. The van der Waals surface area contributed by atoms with Crippen molar-refractivity contribution in [3.05, 3.63) is 40.4 Å². The summed E-state index contributed by atoms with van der Waals surface area (Å²) in [6, 6.07) is 1.91. The number of carbonyl (C=O) groups excluding carboxylic acids is 1. The fourth-order valence-corrected chi connectivity index (χ4v) is 1.95. The first-order chi connectivity index (χ1) is 7.99. The van der Waals surface area contributed by atoms with Crippen molar-refractivity contribution in [1.82, 2.24) is 14.3 Å². The van der Waals surface area contributed by atoms with Crippen molar-refractivity contribution < 1.29 is 4.79 Å². The molecule has 0 radical (unpaired) electrons. The van der Waals surface area contributed by atoms with E-state index in [2.05, 4.69) is 5.10 Å². The molecule has 0 aromatic carbocycles. The van der Waals surface area contributed by atoms with Gasteiger partial charge in [-0.15, -0.1) is 0 Å². The zero-order valence-corrected chi connectivity index (χ0v) is 10.8. The number of aryl methyl sites for hydroxylation is 1. The molecule has 0 atom stereocenters. The van der Waals surface area contributed by atoms with Crippen molar-refractivity contribution in [3.63, 3.8) is 0 Å². The molecule has 0 saturated heterocycles. The Bertz CT molecular complexity index is 568. The molecule has 4 nitrogen and oxygen atoms in total. The molecule has 17 heavy (non-hydrogen) atoms. The zero-order chi connectivity index (χ0) is 12.6. The van der Waals surface area contributed by atoms with Gasteiger partial charge in [-0.05, 0) is 19.9 Å². The molecule has 5 heteroatoms. The van der Waals surface area contributed by atoms with Crippen LogP contribution < -0.4 is 0 Å². The van der Waals surface area contributed by atoms with Crippen LogP contribution in [-0.2, 0) is 13.6 Å². The molecule has 0 amide bonds. The minimum Gasteiger partial charge on any atom is -0.351 e. The highest BCUT2D eigenvalue weighted by molar-refractivity contribution is 6.30. The van der Waals surface area contributed by atoms with Crippen LogP contribution in [0.4, 0.5) is 0 Å². The van der Waals surface area contributed by atoms with E-state index in [1.807, 2.05) is 31.5 Å². The third-order valence-electron chi connectivity index (χ3n) is 2.98. The van der Waals surface area contributed by atoms with Crippen LogP contribution in [0, 0.1) is 13.8 Å². The van der Waals surface area contributed by atoms with Gasteiger partial charge < -0.3 is 4.57 Å². The van der Waals surface area contributed by atoms with Gasteiger partial charge in [-0.1, -0.05) is 11.6 Å². The third-order valence-corrected chi connectivity index (χ3v) is 3.18. The van der Waals surface area contributed by atoms with Crippen LogP contribution in [0.2, 0.25) is 5.02 Å². The lowest BCUT2D eigenvalue weighted by Crippen LogP contribution is -2.11. The lowest BCUT2D eigenvalue weighted by Gasteiger charge is -2.02. The monoisotopic (exact) mass is 251 g/mol. The minimum absolute atomic E-state index is 0.0472. The molecule has 2 aromatic heterocycles. The minimum atomic E-state index is 0.0472. The summed E-state index contributed by atoms with van der Waals surface area (Å²) in [7, 11) is 1.95.